The van der Waals surface area contributed by atoms with Gasteiger partial charge in [0.1, 0.15) is 0 Å². The van der Waals surface area contributed by atoms with Gasteiger partial charge in [-0.2, -0.15) is 0 Å². The Morgan fingerprint density at radius 3 is 2.20 bits per heavy atom. The van der Waals surface area contributed by atoms with Crippen molar-refractivity contribution in [3.63, 3.8) is 0 Å². The molecule has 0 radical (unpaired) electrons. The third-order valence-corrected chi connectivity index (χ3v) is 4.37. The second kappa shape index (κ2) is 4.45. The van der Waals surface area contributed by atoms with Gasteiger partial charge in [-0.05, 0) is 62.2 Å². The molecule has 2 aliphatic carbocycles. The summed E-state index contributed by atoms with van der Waals surface area (Å²) in [7, 11) is 0. The molecule has 2 fully saturated rings. The second-order valence-electron chi connectivity index (χ2n) is 6.30. The molecule has 0 aromatic rings. The molecule has 2 bridgehead atoms. The average molecular weight is 210 g/mol. The minimum Gasteiger partial charge on any atom is -0.381 e. The fraction of sp³-hybridized carbons (Fsp3) is 1.00. The van der Waals surface area contributed by atoms with Crippen LogP contribution in [0.3, 0.4) is 0 Å². The summed E-state index contributed by atoms with van der Waals surface area (Å²) < 4.78 is 5.75. The first kappa shape index (κ1) is 11.4. The molecule has 0 aromatic heterocycles. The zero-order valence-electron chi connectivity index (χ0n) is 10.6. The molecule has 2 rings (SSSR count). The number of ether oxygens (including phenoxy) is 1. The lowest BCUT2D eigenvalue weighted by Gasteiger charge is -2.49. The van der Waals surface area contributed by atoms with Gasteiger partial charge in [0.05, 0.1) is 6.61 Å². The van der Waals surface area contributed by atoms with Crippen molar-refractivity contribution in [1.29, 1.82) is 0 Å². The Labute approximate surface area is 94.6 Å². The van der Waals surface area contributed by atoms with E-state index in [1.807, 2.05) is 0 Å². The highest BCUT2D eigenvalue weighted by Crippen LogP contribution is 2.52. The lowest BCUT2D eigenvalue weighted by Crippen LogP contribution is -2.42. The summed E-state index contributed by atoms with van der Waals surface area (Å²) >= 11 is 0. The Hall–Kier alpha value is -0.0400. The predicted molar refractivity (Wildman–Crippen MR) is 63.8 cm³/mol. The molecule has 0 heterocycles. The number of rotatable bonds is 3. The standard InChI is InChI=1S/C14H26O/c1-4-15-10-14-7-11(2)5-13(9-14)6-12(3)8-14/h11-13H,4-10H2,1-3H3. The smallest absolute Gasteiger partial charge is 0.0522 e. The number of hydrogen-bond acceptors (Lipinski definition) is 1. The summed E-state index contributed by atoms with van der Waals surface area (Å²) in [6.07, 6.45) is 7.21. The van der Waals surface area contributed by atoms with E-state index >= 15 is 0 Å². The van der Waals surface area contributed by atoms with Gasteiger partial charge in [-0.15, -0.1) is 0 Å². The first-order chi connectivity index (χ1) is 7.13. The summed E-state index contributed by atoms with van der Waals surface area (Å²) in [6, 6.07) is 0. The zero-order chi connectivity index (χ0) is 10.9. The Morgan fingerprint density at radius 2 is 1.67 bits per heavy atom. The Balaban J connectivity index is 2.04. The van der Waals surface area contributed by atoms with Gasteiger partial charge in [0, 0.05) is 6.61 Å². The molecular weight excluding hydrogens is 184 g/mol. The molecule has 0 saturated heterocycles. The summed E-state index contributed by atoms with van der Waals surface area (Å²) in [5, 5.41) is 0. The molecule has 0 aliphatic heterocycles. The van der Waals surface area contributed by atoms with Crippen LogP contribution in [0.2, 0.25) is 0 Å². The van der Waals surface area contributed by atoms with E-state index < -0.39 is 0 Å². The van der Waals surface area contributed by atoms with Gasteiger partial charge in [0.15, 0.2) is 0 Å². The first-order valence-corrected chi connectivity index (χ1v) is 6.71. The molecule has 0 amide bonds. The molecule has 88 valence electrons. The van der Waals surface area contributed by atoms with Crippen molar-refractivity contribution in [2.45, 2.75) is 52.9 Å². The van der Waals surface area contributed by atoms with Crippen LogP contribution in [-0.2, 0) is 4.74 Å². The molecule has 1 nitrogen and oxygen atoms in total. The normalized spacial score (nSPS) is 45.4. The maximum absolute atomic E-state index is 5.75. The van der Waals surface area contributed by atoms with Crippen LogP contribution in [0.25, 0.3) is 0 Å². The molecule has 2 aliphatic rings. The largest absolute Gasteiger partial charge is 0.381 e. The van der Waals surface area contributed by atoms with Crippen LogP contribution in [0.1, 0.15) is 52.9 Å². The zero-order valence-corrected chi connectivity index (χ0v) is 10.6. The minimum absolute atomic E-state index is 0.552. The molecule has 0 N–H and O–H groups in total. The number of fused-ring (bicyclic) bond motifs is 2. The maximum atomic E-state index is 5.75. The fourth-order valence-corrected chi connectivity index (χ4v) is 4.40. The van der Waals surface area contributed by atoms with Gasteiger partial charge in [-0.3, -0.25) is 0 Å². The molecule has 0 spiro atoms. The van der Waals surface area contributed by atoms with E-state index in [0.717, 1.165) is 31.0 Å². The SMILES string of the molecule is CCOCC12CC(C)CC(CC(C)C1)C2. The van der Waals surface area contributed by atoms with Gasteiger partial charge in [0.25, 0.3) is 0 Å². The fourth-order valence-electron chi connectivity index (χ4n) is 4.40. The minimum atomic E-state index is 0.552. The Kier molecular flexibility index (Phi) is 3.39. The van der Waals surface area contributed by atoms with Crippen molar-refractivity contribution >= 4 is 0 Å². The van der Waals surface area contributed by atoms with Gasteiger partial charge in [0.2, 0.25) is 0 Å². The van der Waals surface area contributed by atoms with Crippen LogP contribution in [0, 0.1) is 23.2 Å². The van der Waals surface area contributed by atoms with E-state index in [0.29, 0.717) is 5.41 Å². The molecule has 15 heavy (non-hydrogen) atoms. The summed E-state index contributed by atoms with van der Waals surface area (Å²) in [6.45, 7) is 8.89. The van der Waals surface area contributed by atoms with E-state index in [-0.39, 0.29) is 0 Å². The Morgan fingerprint density at radius 1 is 1.07 bits per heavy atom. The Bertz CT molecular complexity index is 192. The van der Waals surface area contributed by atoms with Crippen LogP contribution in [0.4, 0.5) is 0 Å². The quantitative estimate of drug-likeness (QED) is 0.687. The third-order valence-electron chi connectivity index (χ3n) is 4.37. The highest BCUT2D eigenvalue weighted by molar-refractivity contribution is 4.94. The van der Waals surface area contributed by atoms with E-state index in [9.17, 15) is 0 Å². The second-order valence-corrected chi connectivity index (χ2v) is 6.30. The molecule has 2 saturated carbocycles. The van der Waals surface area contributed by atoms with Crippen molar-refractivity contribution < 1.29 is 4.74 Å². The van der Waals surface area contributed by atoms with Crippen LogP contribution >= 0.6 is 0 Å². The summed E-state index contributed by atoms with van der Waals surface area (Å²) in [4.78, 5) is 0. The maximum Gasteiger partial charge on any atom is 0.0522 e. The molecule has 2 atom stereocenters. The topological polar surface area (TPSA) is 9.23 Å². The lowest BCUT2D eigenvalue weighted by molar-refractivity contribution is -0.0485. The predicted octanol–water partition coefficient (Wildman–Crippen LogP) is 3.88. The van der Waals surface area contributed by atoms with Crippen molar-refractivity contribution in [2.24, 2.45) is 23.2 Å². The van der Waals surface area contributed by atoms with Crippen LogP contribution in [0.15, 0.2) is 0 Å². The van der Waals surface area contributed by atoms with Gasteiger partial charge >= 0.3 is 0 Å². The summed E-state index contributed by atoms with van der Waals surface area (Å²) in [5.74, 6) is 2.85. The molecule has 0 aromatic carbocycles. The van der Waals surface area contributed by atoms with E-state index in [4.69, 9.17) is 4.74 Å². The van der Waals surface area contributed by atoms with E-state index in [2.05, 4.69) is 20.8 Å². The van der Waals surface area contributed by atoms with Crippen molar-refractivity contribution in [1.82, 2.24) is 0 Å². The number of hydrogen-bond donors (Lipinski definition) is 0. The van der Waals surface area contributed by atoms with E-state index in [1.165, 1.54) is 32.1 Å². The summed E-state index contributed by atoms with van der Waals surface area (Å²) in [5.41, 5.74) is 0.552. The van der Waals surface area contributed by atoms with E-state index in [1.54, 1.807) is 0 Å². The van der Waals surface area contributed by atoms with Crippen molar-refractivity contribution in [2.75, 3.05) is 13.2 Å². The molecule has 1 heteroatoms. The van der Waals surface area contributed by atoms with Crippen molar-refractivity contribution in [3.8, 4) is 0 Å². The van der Waals surface area contributed by atoms with Gasteiger partial charge < -0.3 is 4.74 Å². The highest BCUT2D eigenvalue weighted by Gasteiger charge is 2.44. The highest BCUT2D eigenvalue weighted by atomic mass is 16.5. The molecule has 2 unspecified atom stereocenters. The lowest BCUT2D eigenvalue weighted by atomic mass is 9.57. The van der Waals surface area contributed by atoms with Gasteiger partial charge in [-0.25, -0.2) is 0 Å². The van der Waals surface area contributed by atoms with Gasteiger partial charge in [-0.1, -0.05) is 13.8 Å². The van der Waals surface area contributed by atoms with Crippen LogP contribution in [-0.4, -0.2) is 13.2 Å². The third kappa shape index (κ3) is 2.55. The first-order valence-electron chi connectivity index (χ1n) is 6.71. The van der Waals surface area contributed by atoms with Crippen LogP contribution in [0.5, 0.6) is 0 Å². The molecular formula is C14H26O. The monoisotopic (exact) mass is 210 g/mol. The van der Waals surface area contributed by atoms with Crippen LogP contribution < -0.4 is 0 Å². The average Bonchev–Trinajstić information content (AvgIpc) is 2.12. The van der Waals surface area contributed by atoms with Crippen molar-refractivity contribution in [3.05, 3.63) is 0 Å².